The molecule has 0 saturated heterocycles. The summed E-state index contributed by atoms with van der Waals surface area (Å²) in [5.74, 6) is 1.62. The molecule has 94 valence electrons. The first-order valence-corrected chi connectivity index (χ1v) is 6.58. The monoisotopic (exact) mass is 299 g/mol. The minimum absolute atomic E-state index is 0.392. The summed E-state index contributed by atoms with van der Waals surface area (Å²) >= 11 is 3.53. The van der Waals surface area contributed by atoms with Crippen LogP contribution in [0.5, 0.6) is 11.5 Å². The Hall–Kier alpha value is -0.740. The number of hydrogen-bond donors (Lipinski definition) is 1. The quantitative estimate of drug-likeness (QED) is 0.866. The van der Waals surface area contributed by atoms with Crippen molar-refractivity contribution in [1.82, 2.24) is 0 Å². The topological polar surface area (TPSA) is 44.5 Å². The van der Waals surface area contributed by atoms with Gasteiger partial charge in [-0.2, -0.15) is 0 Å². The van der Waals surface area contributed by atoms with Gasteiger partial charge in [-0.1, -0.05) is 0 Å². The van der Waals surface area contributed by atoms with E-state index in [1.54, 1.807) is 0 Å². The van der Waals surface area contributed by atoms with Crippen LogP contribution in [0.3, 0.4) is 0 Å². The lowest BCUT2D eigenvalue weighted by Crippen LogP contribution is -2.29. The highest BCUT2D eigenvalue weighted by Gasteiger charge is 2.25. The van der Waals surface area contributed by atoms with Gasteiger partial charge in [0.2, 0.25) is 0 Å². The third-order valence-corrected chi connectivity index (χ3v) is 3.50. The first-order valence-electron chi connectivity index (χ1n) is 5.79. The molecule has 0 atom stereocenters. The lowest BCUT2D eigenvalue weighted by Gasteiger charge is -2.24. The van der Waals surface area contributed by atoms with Crippen LogP contribution in [0.4, 0.5) is 0 Å². The molecule has 3 nitrogen and oxygen atoms in total. The standard InChI is InChI=1S/C13H18BrNO2/c1-8-9(13(2,3)15)7-10(14)12-11(8)16-5-4-6-17-12/h7H,4-6,15H2,1-3H3. The fourth-order valence-corrected chi connectivity index (χ4v) is 2.61. The number of fused-ring (bicyclic) bond motifs is 1. The van der Waals surface area contributed by atoms with E-state index in [-0.39, 0.29) is 0 Å². The number of halogens is 1. The van der Waals surface area contributed by atoms with Gasteiger partial charge < -0.3 is 15.2 Å². The van der Waals surface area contributed by atoms with Gasteiger partial charge in [0.05, 0.1) is 17.7 Å². The predicted octanol–water partition coefficient (Wildman–Crippen LogP) is 3.11. The van der Waals surface area contributed by atoms with Crippen LogP contribution >= 0.6 is 15.9 Å². The molecule has 4 heteroatoms. The Morgan fingerprint density at radius 2 is 1.82 bits per heavy atom. The van der Waals surface area contributed by atoms with Crippen molar-refractivity contribution in [2.75, 3.05) is 13.2 Å². The van der Waals surface area contributed by atoms with E-state index < -0.39 is 5.54 Å². The molecular formula is C13H18BrNO2. The molecule has 0 bridgehead atoms. The van der Waals surface area contributed by atoms with Crippen LogP contribution in [-0.2, 0) is 5.54 Å². The zero-order valence-electron chi connectivity index (χ0n) is 10.5. The van der Waals surface area contributed by atoms with Crippen molar-refractivity contribution in [3.05, 3.63) is 21.7 Å². The lowest BCUT2D eigenvalue weighted by atomic mass is 9.91. The summed E-state index contributed by atoms with van der Waals surface area (Å²) in [4.78, 5) is 0. The summed E-state index contributed by atoms with van der Waals surface area (Å²) in [6, 6.07) is 2.03. The lowest BCUT2D eigenvalue weighted by molar-refractivity contribution is 0.296. The van der Waals surface area contributed by atoms with E-state index in [2.05, 4.69) is 15.9 Å². The van der Waals surface area contributed by atoms with Crippen molar-refractivity contribution in [1.29, 1.82) is 0 Å². The summed E-state index contributed by atoms with van der Waals surface area (Å²) in [5.41, 5.74) is 7.93. The van der Waals surface area contributed by atoms with Crippen LogP contribution in [0.2, 0.25) is 0 Å². The van der Waals surface area contributed by atoms with Gasteiger partial charge in [0.15, 0.2) is 11.5 Å². The Labute approximate surface area is 110 Å². The predicted molar refractivity (Wildman–Crippen MR) is 71.7 cm³/mol. The van der Waals surface area contributed by atoms with Crippen molar-refractivity contribution in [2.24, 2.45) is 5.73 Å². The second kappa shape index (κ2) is 4.50. The molecule has 0 saturated carbocycles. The van der Waals surface area contributed by atoms with Gasteiger partial charge >= 0.3 is 0 Å². The molecule has 0 unspecified atom stereocenters. The van der Waals surface area contributed by atoms with E-state index >= 15 is 0 Å². The maximum Gasteiger partial charge on any atom is 0.175 e. The minimum Gasteiger partial charge on any atom is -0.489 e. The van der Waals surface area contributed by atoms with Crippen LogP contribution in [0, 0.1) is 6.92 Å². The Bertz CT molecular complexity index is 438. The van der Waals surface area contributed by atoms with Crippen LogP contribution < -0.4 is 15.2 Å². The van der Waals surface area contributed by atoms with E-state index in [1.165, 1.54) is 0 Å². The van der Waals surface area contributed by atoms with E-state index in [4.69, 9.17) is 15.2 Å². The highest BCUT2D eigenvalue weighted by molar-refractivity contribution is 9.10. The summed E-state index contributed by atoms with van der Waals surface area (Å²) in [7, 11) is 0. The molecule has 0 amide bonds. The molecule has 1 aliphatic rings. The highest BCUT2D eigenvalue weighted by atomic mass is 79.9. The molecule has 0 aliphatic carbocycles. The summed E-state index contributed by atoms with van der Waals surface area (Å²) in [6.07, 6.45) is 0.905. The molecule has 0 radical (unpaired) electrons. The third-order valence-electron chi connectivity index (χ3n) is 2.91. The third kappa shape index (κ3) is 2.43. The van der Waals surface area contributed by atoms with Gasteiger partial charge in [0.25, 0.3) is 0 Å². The fourth-order valence-electron chi connectivity index (χ4n) is 2.09. The second-order valence-corrected chi connectivity index (χ2v) is 5.82. The van der Waals surface area contributed by atoms with Crippen molar-refractivity contribution in [3.63, 3.8) is 0 Å². The van der Waals surface area contributed by atoms with Crippen molar-refractivity contribution < 1.29 is 9.47 Å². The normalized spacial score (nSPS) is 15.6. The molecule has 17 heavy (non-hydrogen) atoms. The van der Waals surface area contributed by atoms with Crippen LogP contribution in [0.15, 0.2) is 10.5 Å². The molecule has 2 rings (SSSR count). The first kappa shape index (κ1) is 12.7. The van der Waals surface area contributed by atoms with Crippen LogP contribution in [0.25, 0.3) is 0 Å². The molecule has 0 aromatic heterocycles. The summed E-state index contributed by atoms with van der Waals surface area (Å²) in [6.45, 7) is 7.40. The first-order chi connectivity index (χ1) is 7.91. The molecule has 1 aliphatic heterocycles. The average molecular weight is 300 g/mol. The minimum atomic E-state index is -0.392. The molecular weight excluding hydrogens is 282 g/mol. The summed E-state index contributed by atoms with van der Waals surface area (Å²) < 4.78 is 12.4. The fraction of sp³-hybridized carbons (Fsp3) is 0.538. The molecule has 1 aromatic rings. The van der Waals surface area contributed by atoms with E-state index in [9.17, 15) is 0 Å². The molecule has 0 spiro atoms. The van der Waals surface area contributed by atoms with Gasteiger partial charge in [-0.15, -0.1) is 0 Å². The van der Waals surface area contributed by atoms with Gasteiger partial charge in [-0.3, -0.25) is 0 Å². The molecule has 0 fully saturated rings. The van der Waals surface area contributed by atoms with Crippen LogP contribution in [0.1, 0.15) is 31.4 Å². The SMILES string of the molecule is Cc1c(C(C)(C)N)cc(Br)c2c1OCCCO2. The number of ether oxygens (including phenoxy) is 2. The molecule has 2 N–H and O–H groups in total. The van der Waals surface area contributed by atoms with Gasteiger partial charge in [-0.25, -0.2) is 0 Å². The molecule has 1 aromatic carbocycles. The zero-order chi connectivity index (χ0) is 12.6. The maximum absolute atomic E-state index is 6.18. The average Bonchev–Trinajstić information content (AvgIpc) is 2.47. The van der Waals surface area contributed by atoms with Gasteiger partial charge in [-0.05, 0) is 48.3 Å². The Balaban J connectivity index is 2.61. The largest absolute Gasteiger partial charge is 0.489 e. The van der Waals surface area contributed by atoms with E-state index in [1.807, 2.05) is 26.8 Å². The Morgan fingerprint density at radius 3 is 2.41 bits per heavy atom. The number of nitrogens with two attached hydrogens (primary N) is 1. The van der Waals surface area contributed by atoms with Crippen LogP contribution in [-0.4, -0.2) is 13.2 Å². The van der Waals surface area contributed by atoms with Crippen molar-refractivity contribution in [2.45, 2.75) is 32.7 Å². The maximum atomic E-state index is 6.18. The van der Waals surface area contributed by atoms with E-state index in [0.717, 1.165) is 33.5 Å². The number of benzene rings is 1. The smallest absolute Gasteiger partial charge is 0.175 e. The Morgan fingerprint density at radius 1 is 1.24 bits per heavy atom. The Kier molecular flexibility index (Phi) is 3.36. The summed E-state index contributed by atoms with van der Waals surface area (Å²) in [5, 5.41) is 0. The van der Waals surface area contributed by atoms with Gasteiger partial charge in [0.1, 0.15) is 0 Å². The second-order valence-electron chi connectivity index (χ2n) is 4.96. The number of hydrogen-bond acceptors (Lipinski definition) is 3. The zero-order valence-corrected chi connectivity index (χ0v) is 12.1. The number of rotatable bonds is 1. The molecule has 1 heterocycles. The highest BCUT2D eigenvalue weighted by Crippen LogP contribution is 2.43. The van der Waals surface area contributed by atoms with Crippen molar-refractivity contribution >= 4 is 15.9 Å². The van der Waals surface area contributed by atoms with Crippen molar-refractivity contribution in [3.8, 4) is 11.5 Å². The van der Waals surface area contributed by atoms with Gasteiger partial charge in [0, 0.05) is 17.5 Å². The van der Waals surface area contributed by atoms with E-state index in [0.29, 0.717) is 13.2 Å².